The Bertz CT molecular complexity index is 747. The number of hydrogen-bond acceptors (Lipinski definition) is 7. The van der Waals surface area contributed by atoms with Gasteiger partial charge in [0.2, 0.25) is 5.95 Å². The van der Waals surface area contributed by atoms with Gasteiger partial charge in [-0.3, -0.25) is 4.57 Å². The molecule has 1 aliphatic carbocycles. The number of thioether (sulfide) groups is 1. The van der Waals surface area contributed by atoms with Crippen LogP contribution in [-0.4, -0.2) is 40.9 Å². The molecule has 3 heterocycles. The topological polar surface area (TPSA) is 73.4 Å². The highest BCUT2D eigenvalue weighted by atomic mass is 32.2. The predicted molar refractivity (Wildman–Crippen MR) is 94.0 cm³/mol. The van der Waals surface area contributed by atoms with Crippen LogP contribution in [0.4, 0.5) is 5.95 Å². The normalized spacial score (nSPS) is 17.7. The van der Waals surface area contributed by atoms with E-state index in [9.17, 15) is 4.79 Å². The third-order valence-corrected chi connectivity index (χ3v) is 5.62. The molecule has 1 saturated heterocycles. The molecule has 2 fully saturated rings. The first-order valence-corrected chi connectivity index (χ1v) is 9.74. The molecule has 0 amide bonds. The Kier molecular flexibility index (Phi) is 4.70. The Balaban J connectivity index is 1.52. The van der Waals surface area contributed by atoms with Crippen LogP contribution in [0.2, 0.25) is 0 Å². The summed E-state index contributed by atoms with van der Waals surface area (Å²) in [5, 5.41) is 9.79. The molecule has 4 rings (SSSR count). The summed E-state index contributed by atoms with van der Waals surface area (Å²) < 4.78 is 12.5. The van der Waals surface area contributed by atoms with Crippen molar-refractivity contribution in [2.24, 2.45) is 0 Å². The maximum atomic E-state index is 11.8. The van der Waals surface area contributed by atoms with Gasteiger partial charge in [0.15, 0.2) is 5.16 Å². The molecule has 0 aromatic carbocycles. The van der Waals surface area contributed by atoms with E-state index < -0.39 is 0 Å². The standard InChI is InChI=1S/C17H22N4O3S/c1-23-15(22)13-7-10-24-14(13)11-25-17-19-18-16(21(17)12-5-6-12)20-8-3-2-4-9-20/h7,10,12H,2-6,8-9,11H2,1H3. The van der Waals surface area contributed by atoms with Crippen LogP contribution in [0, 0.1) is 0 Å². The second-order valence-corrected chi connectivity index (χ2v) is 7.41. The van der Waals surface area contributed by atoms with Crippen molar-refractivity contribution in [3.05, 3.63) is 23.7 Å². The zero-order chi connectivity index (χ0) is 17.2. The number of anilines is 1. The number of carbonyl (C=O) groups is 1. The Morgan fingerprint density at radius 3 is 2.84 bits per heavy atom. The monoisotopic (exact) mass is 362 g/mol. The largest absolute Gasteiger partial charge is 0.468 e. The van der Waals surface area contributed by atoms with Crippen molar-refractivity contribution in [2.75, 3.05) is 25.1 Å². The van der Waals surface area contributed by atoms with E-state index >= 15 is 0 Å². The lowest BCUT2D eigenvalue weighted by molar-refractivity contribution is 0.0598. The highest BCUT2D eigenvalue weighted by Crippen LogP contribution is 2.41. The first-order chi connectivity index (χ1) is 12.3. The second kappa shape index (κ2) is 7.11. The molecular weight excluding hydrogens is 340 g/mol. The van der Waals surface area contributed by atoms with Gasteiger partial charge in [-0.1, -0.05) is 11.8 Å². The van der Waals surface area contributed by atoms with Crippen LogP contribution in [0.3, 0.4) is 0 Å². The molecule has 0 spiro atoms. The van der Waals surface area contributed by atoms with Gasteiger partial charge in [-0.25, -0.2) is 4.79 Å². The molecule has 1 saturated carbocycles. The lowest BCUT2D eigenvalue weighted by Gasteiger charge is -2.27. The van der Waals surface area contributed by atoms with Gasteiger partial charge in [0, 0.05) is 19.1 Å². The molecule has 0 radical (unpaired) electrons. The summed E-state index contributed by atoms with van der Waals surface area (Å²) in [6.45, 7) is 2.11. The van der Waals surface area contributed by atoms with E-state index in [4.69, 9.17) is 9.15 Å². The second-order valence-electron chi connectivity index (χ2n) is 6.47. The summed E-state index contributed by atoms with van der Waals surface area (Å²) in [4.78, 5) is 14.1. The predicted octanol–water partition coefficient (Wildman–Crippen LogP) is 3.28. The van der Waals surface area contributed by atoms with Crippen molar-refractivity contribution >= 4 is 23.7 Å². The Morgan fingerprint density at radius 1 is 1.32 bits per heavy atom. The van der Waals surface area contributed by atoms with Crippen LogP contribution in [0.1, 0.15) is 54.3 Å². The van der Waals surface area contributed by atoms with E-state index in [1.807, 2.05) is 0 Å². The van der Waals surface area contributed by atoms with Crippen LogP contribution in [0.5, 0.6) is 0 Å². The average Bonchev–Trinajstić information content (AvgIpc) is 3.23. The minimum Gasteiger partial charge on any atom is -0.468 e. The van der Waals surface area contributed by atoms with Crippen LogP contribution >= 0.6 is 11.8 Å². The quantitative estimate of drug-likeness (QED) is 0.577. The number of esters is 1. The van der Waals surface area contributed by atoms with E-state index in [1.54, 1.807) is 17.8 Å². The fraction of sp³-hybridized carbons (Fsp3) is 0.588. The van der Waals surface area contributed by atoms with Crippen LogP contribution < -0.4 is 4.90 Å². The molecule has 2 aromatic rings. The van der Waals surface area contributed by atoms with Crippen molar-refractivity contribution in [1.82, 2.24) is 14.8 Å². The molecule has 1 aliphatic heterocycles. The maximum Gasteiger partial charge on any atom is 0.341 e. The Labute approximate surface area is 150 Å². The molecule has 2 aliphatic rings. The zero-order valence-electron chi connectivity index (χ0n) is 14.3. The number of methoxy groups -OCH3 is 1. The molecule has 2 aromatic heterocycles. The van der Waals surface area contributed by atoms with E-state index in [1.165, 1.54) is 45.5 Å². The fourth-order valence-corrected chi connectivity index (χ4v) is 4.16. The molecule has 7 nitrogen and oxygen atoms in total. The molecule has 0 atom stereocenters. The fourth-order valence-electron chi connectivity index (χ4n) is 3.20. The number of aromatic nitrogens is 3. The van der Waals surface area contributed by atoms with E-state index in [0.29, 0.717) is 23.1 Å². The molecule has 0 bridgehead atoms. The minimum atomic E-state index is -0.373. The summed E-state index contributed by atoms with van der Waals surface area (Å²) >= 11 is 1.56. The van der Waals surface area contributed by atoms with Crippen molar-refractivity contribution < 1.29 is 13.9 Å². The van der Waals surface area contributed by atoms with Crippen LogP contribution in [0.25, 0.3) is 0 Å². The van der Waals surface area contributed by atoms with Gasteiger partial charge in [0.1, 0.15) is 11.3 Å². The van der Waals surface area contributed by atoms with Crippen molar-refractivity contribution in [2.45, 2.75) is 49.1 Å². The smallest absolute Gasteiger partial charge is 0.341 e. The molecule has 8 heteroatoms. The van der Waals surface area contributed by atoms with Crippen LogP contribution in [0.15, 0.2) is 21.9 Å². The number of hydrogen-bond donors (Lipinski definition) is 0. The van der Waals surface area contributed by atoms with Crippen molar-refractivity contribution in [3.63, 3.8) is 0 Å². The minimum absolute atomic E-state index is 0.373. The number of carbonyl (C=O) groups excluding carboxylic acids is 1. The van der Waals surface area contributed by atoms with E-state index in [2.05, 4.69) is 19.7 Å². The number of nitrogens with zero attached hydrogens (tertiary/aromatic N) is 4. The van der Waals surface area contributed by atoms with Gasteiger partial charge in [-0.15, -0.1) is 10.2 Å². The molecule has 0 unspecified atom stereocenters. The Morgan fingerprint density at radius 2 is 2.12 bits per heavy atom. The molecule has 0 N–H and O–H groups in total. The zero-order valence-corrected chi connectivity index (χ0v) is 15.1. The first-order valence-electron chi connectivity index (χ1n) is 8.75. The highest BCUT2D eigenvalue weighted by Gasteiger charge is 2.32. The van der Waals surface area contributed by atoms with Gasteiger partial charge in [0.05, 0.1) is 19.1 Å². The molecular formula is C17H22N4O3S. The summed E-state index contributed by atoms with van der Waals surface area (Å²) in [6.07, 6.45) is 7.61. The Hall–Kier alpha value is -1.96. The summed E-state index contributed by atoms with van der Waals surface area (Å²) in [7, 11) is 1.38. The lowest BCUT2D eigenvalue weighted by atomic mass is 10.1. The summed E-state index contributed by atoms with van der Waals surface area (Å²) in [5.41, 5.74) is 0.476. The third-order valence-electron chi connectivity index (χ3n) is 4.68. The SMILES string of the molecule is COC(=O)c1ccoc1CSc1nnc(N2CCCCC2)n1C1CC1. The summed E-state index contributed by atoms with van der Waals surface area (Å²) in [5.74, 6) is 1.77. The maximum absolute atomic E-state index is 11.8. The summed E-state index contributed by atoms with van der Waals surface area (Å²) in [6, 6.07) is 2.15. The number of piperidine rings is 1. The lowest BCUT2D eigenvalue weighted by Crippen LogP contribution is -2.31. The molecule has 134 valence electrons. The average molecular weight is 362 g/mol. The van der Waals surface area contributed by atoms with Crippen molar-refractivity contribution in [1.29, 1.82) is 0 Å². The number of rotatable bonds is 6. The van der Waals surface area contributed by atoms with Gasteiger partial charge in [-0.05, 0) is 38.2 Å². The number of furan rings is 1. The van der Waals surface area contributed by atoms with Crippen molar-refractivity contribution in [3.8, 4) is 0 Å². The highest BCUT2D eigenvalue weighted by molar-refractivity contribution is 7.98. The number of ether oxygens (including phenoxy) is 1. The van der Waals surface area contributed by atoms with Crippen LogP contribution in [-0.2, 0) is 10.5 Å². The van der Waals surface area contributed by atoms with Gasteiger partial charge in [-0.2, -0.15) is 0 Å². The van der Waals surface area contributed by atoms with E-state index in [-0.39, 0.29) is 5.97 Å². The van der Waals surface area contributed by atoms with Gasteiger partial charge in [0.25, 0.3) is 0 Å². The van der Waals surface area contributed by atoms with Gasteiger partial charge < -0.3 is 14.1 Å². The third kappa shape index (κ3) is 3.40. The first kappa shape index (κ1) is 16.5. The molecule has 25 heavy (non-hydrogen) atoms. The van der Waals surface area contributed by atoms with E-state index in [0.717, 1.165) is 24.2 Å². The van der Waals surface area contributed by atoms with Gasteiger partial charge >= 0.3 is 5.97 Å².